The summed E-state index contributed by atoms with van der Waals surface area (Å²) in [4.78, 5) is 35.4. The molecule has 0 radical (unpaired) electrons. The molecule has 7 nitrogen and oxygen atoms in total. The number of hydrogen-bond acceptors (Lipinski definition) is 6. The summed E-state index contributed by atoms with van der Waals surface area (Å²) in [6.45, 7) is 0. The Hall–Kier alpha value is -1.91. The zero-order chi connectivity index (χ0) is 18.0. The monoisotopic (exact) mass is 431 g/mol. The highest BCUT2D eigenvalue weighted by molar-refractivity contribution is 9.10. The van der Waals surface area contributed by atoms with Gasteiger partial charge in [-0.05, 0) is 24.3 Å². The van der Waals surface area contributed by atoms with Crippen molar-refractivity contribution < 1.29 is 29.7 Å². The Morgan fingerprint density at radius 3 is 2.62 bits per heavy atom. The number of aliphatic carboxylic acids is 2. The van der Waals surface area contributed by atoms with E-state index in [4.69, 9.17) is 17.3 Å². The maximum absolute atomic E-state index is 12.4. The molecule has 0 spiro atoms. The van der Waals surface area contributed by atoms with Crippen molar-refractivity contribution in [2.75, 3.05) is 0 Å². The van der Waals surface area contributed by atoms with E-state index in [0.717, 1.165) is 16.7 Å². The number of carboxylic acids is 2. The van der Waals surface area contributed by atoms with Crippen LogP contribution >= 0.6 is 39.9 Å². The third-order valence-corrected chi connectivity index (χ3v) is 4.89. The molecule has 0 aliphatic carbocycles. The van der Waals surface area contributed by atoms with Crippen molar-refractivity contribution in [1.29, 1.82) is 0 Å². The molecule has 1 saturated heterocycles. The minimum absolute atomic E-state index is 0.0469. The largest absolute Gasteiger partial charge is 0.507 e. The van der Waals surface area contributed by atoms with Crippen LogP contribution in [-0.2, 0) is 14.4 Å². The molecule has 1 aromatic carbocycles. The number of amides is 1. The van der Waals surface area contributed by atoms with E-state index < -0.39 is 30.3 Å². The van der Waals surface area contributed by atoms with Gasteiger partial charge in [-0.3, -0.25) is 14.5 Å². The van der Waals surface area contributed by atoms with Gasteiger partial charge in [-0.1, -0.05) is 39.9 Å². The number of phenolic OH excluding ortho intramolecular Hbond substituents is 1. The molecule has 1 heterocycles. The highest BCUT2D eigenvalue weighted by Crippen LogP contribution is 2.36. The van der Waals surface area contributed by atoms with E-state index in [1.807, 2.05) is 0 Å². The Balaban J connectivity index is 2.37. The van der Waals surface area contributed by atoms with E-state index in [1.54, 1.807) is 12.1 Å². The van der Waals surface area contributed by atoms with E-state index in [-0.39, 0.29) is 15.0 Å². The second-order valence-electron chi connectivity index (χ2n) is 4.71. The first-order valence-corrected chi connectivity index (χ1v) is 8.42. The molecule has 1 aliphatic heterocycles. The first-order chi connectivity index (χ1) is 11.2. The lowest BCUT2D eigenvalue weighted by molar-refractivity contribution is -0.150. The van der Waals surface area contributed by atoms with Crippen LogP contribution in [0, 0.1) is 0 Å². The molecule has 1 fully saturated rings. The second-order valence-corrected chi connectivity index (χ2v) is 7.30. The lowest BCUT2D eigenvalue weighted by Crippen LogP contribution is -2.45. The Kier molecular flexibility index (Phi) is 5.62. The van der Waals surface area contributed by atoms with Crippen molar-refractivity contribution in [2.24, 2.45) is 0 Å². The summed E-state index contributed by atoms with van der Waals surface area (Å²) in [7, 11) is 0. The molecular weight excluding hydrogens is 422 g/mol. The Morgan fingerprint density at radius 2 is 2.04 bits per heavy atom. The van der Waals surface area contributed by atoms with Gasteiger partial charge in [0.25, 0.3) is 5.91 Å². The molecule has 1 aromatic rings. The van der Waals surface area contributed by atoms with Crippen molar-refractivity contribution in [1.82, 2.24) is 4.90 Å². The summed E-state index contributed by atoms with van der Waals surface area (Å²) in [6, 6.07) is 3.04. The van der Waals surface area contributed by atoms with Gasteiger partial charge in [-0.2, -0.15) is 0 Å². The van der Waals surface area contributed by atoms with Gasteiger partial charge in [-0.15, -0.1) is 0 Å². The van der Waals surface area contributed by atoms with E-state index in [1.165, 1.54) is 12.1 Å². The predicted molar refractivity (Wildman–Crippen MR) is 94.5 cm³/mol. The van der Waals surface area contributed by atoms with Gasteiger partial charge < -0.3 is 15.3 Å². The van der Waals surface area contributed by atoms with E-state index in [2.05, 4.69) is 15.9 Å². The molecule has 2 rings (SSSR count). The number of carbonyl (C=O) groups is 3. The van der Waals surface area contributed by atoms with Gasteiger partial charge >= 0.3 is 11.9 Å². The predicted octanol–water partition coefficient (Wildman–Crippen LogP) is 2.28. The van der Waals surface area contributed by atoms with Crippen LogP contribution in [0.2, 0.25) is 0 Å². The molecule has 1 aliphatic rings. The van der Waals surface area contributed by atoms with Crippen molar-refractivity contribution in [3.63, 3.8) is 0 Å². The fourth-order valence-electron chi connectivity index (χ4n) is 1.99. The number of thiocarbonyl (C=S) groups is 1. The van der Waals surface area contributed by atoms with Crippen LogP contribution in [0.1, 0.15) is 12.0 Å². The van der Waals surface area contributed by atoms with Gasteiger partial charge in [0, 0.05) is 10.0 Å². The quantitative estimate of drug-likeness (QED) is 0.480. The van der Waals surface area contributed by atoms with Crippen LogP contribution in [0.4, 0.5) is 0 Å². The third kappa shape index (κ3) is 3.94. The van der Waals surface area contributed by atoms with Crippen molar-refractivity contribution in [3.8, 4) is 5.75 Å². The summed E-state index contributed by atoms with van der Waals surface area (Å²) in [5, 5.41) is 27.8. The fraction of sp³-hybridized carbons (Fsp3) is 0.143. The van der Waals surface area contributed by atoms with E-state index in [9.17, 15) is 24.6 Å². The van der Waals surface area contributed by atoms with Crippen LogP contribution < -0.4 is 0 Å². The third-order valence-electron chi connectivity index (χ3n) is 3.06. The Morgan fingerprint density at radius 1 is 1.38 bits per heavy atom. The number of hydrogen-bond donors (Lipinski definition) is 3. The van der Waals surface area contributed by atoms with E-state index >= 15 is 0 Å². The van der Waals surface area contributed by atoms with Crippen molar-refractivity contribution >= 4 is 68.2 Å². The summed E-state index contributed by atoms with van der Waals surface area (Å²) in [5.74, 6) is -3.59. The molecule has 3 N–H and O–H groups in total. The number of phenols is 1. The number of benzene rings is 1. The maximum Gasteiger partial charge on any atom is 0.327 e. The molecule has 1 amide bonds. The average Bonchev–Trinajstić information content (AvgIpc) is 2.74. The Bertz CT molecular complexity index is 779. The minimum atomic E-state index is -1.59. The van der Waals surface area contributed by atoms with Crippen molar-refractivity contribution in [3.05, 3.63) is 33.1 Å². The number of carbonyl (C=O) groups excluding carboxylic acids is 1. The summed E-state index contributed by atoms with van der Waals surface area (Å²) < 4.78 is 0.630. The average molecular weight is 432 g/mol. The smallest absolute Gasteiger partial charge is 0.327 e. The first-order valence-electron chi connectivity index (χ1n) is 6.41. The van der Waals surface area contributed by atoms with Crippen LogP contribution in [-0.4, -0.2) is 48.4 Å². The van der Waals surface area contributed by atoms with Crippen molar-refractivity contribution in [2.45, 2.75) is 12.5 Å². The molecule has 126 valence electrons. The van der Waals surface area contributed by atoms with Crippen LogP contribution in [0.3, 0.4) is 0 Å². The lowest BCUT2D eigenvalue weighted by atomic mass is 10.1. The molecule has 10 heteroatoms. The number of carboxylic acid groups (broad SMARTS) is 2. The number of nitrogens with zero attached hydrogens (tertiary/aromatic N) is 1. The highest BCUT2D eigenvalue weighted by Gasteiger charge is 2.41. The van der Waals surface area contributed by atoms with Crippen LogP contribution in [0.25, 0.3) is 6.08 Å². The number of halogens is 1. The van der Waals surface area contributed by atoms with Crippen LogP contribution in [0.15, 0.2) is 27.6 Å². The molecule has 0 bridgehead atoms. The molecular formula is C14H10BrNO6S2. The number of aromatic hydroxyl groups is 1. The Labute approximate surface area is 154 Å². The van der Waals surface area contributed by atoms with Gasteiger partial charge in [0.15, 0.2) is 0 Å². The number of rotatable bonds is 5. The summed E-state index contributed by atoms with van der Waals surface area (Å²) in [5.41, 5.74) is 0.343. The fourth-order valence-corrected chi connectivity index (χ4v) is 3.71. The molecule has 1 unspecified atom stereocenters. The second kappa shape index (κ2) is 7.32. The van der Waals surface area contributed by atoms with Gasteiger partial charge in [0.2, 0.25) is 0 Å². The van der Waals surface area contributed by atoms with Gasteiger partial charge in [0.1, 0.15) is 16.1 Å². The summed E-state index contributed by atoms with van der Waals surface area (Å²) >= 11 is 9.11. The normalized spacial score (nSPS) is 17.4. The number of thioether (sulfide) groups is 1. The molecule has 1 atom stereocenters. The molecule has 0 aromatic heterocycles. The highest BCUT2D eigenvalue weighted by atomic mass is 79.9. The first kappa shape index (κ1) is 18.4. The SMILES string of the molecule is O=C(O)CC(C(=O)O)N1C(=O)/C(=C/c2cc(Br)ccc2O)SC1=S. The summed E-state index contributed by atoms with van der Waals surface area (Å²) in [6.07, 6.45) is 0.607. The molecule has 0 saturated carbocycles. The van der Waals surface area contributed by atoms with Gasteiger partial charge in [0.05, 0.1) is 11.3 Å². The minimum Gasteiger partial charge on any atom is -0.507 e. The molecule has 24 heavy (non-hydrogen) atoms. The lowest BCUT2D eigenvalue weighted by Gasteiger charge is -2.21. The maximum atomic E-state index is 12.4. The van der Waals surface area contributed by atoms with E-state index in [0.29, 0.717) is 10.0 Å². The zero-order valence-electron chi connectivity index (χ0n) is 11.8. The topological polar surface area (TPSA) is 115 Å². The van der Waals surface area contributed by atoms with Crippen LogP contribution in [0.5, 0.6) is 5.75 Å². The standard InChI is InChI=1S/C14H10BrNO6S2/c15-7-1-2-9(17)6(3-7)4-10-12(20)16(14(23)24-10)8(13(21)22)5-11(18)19/h1-4,8,17H,5H2,(H,18,19)(H,21,22)/b10-4-. The zero-order valence-corrected chi connectivity index (χ0v) is 15.0. The van der Waals surface area contributed by atoms with Gasteiger partial charge in [-0.25, -0.2) is 4.79 Å².